The highest BCUT2D eigenvalue weighted by Crippen LogP contribution is 2.25. The lowest BCUT2D eigenvalue weighted by Gasteiger charge is -2.10. The highest BCUT2D eigenvalue weighted by molar-refractivity contribution is 5.47. The minimum Gasteiger partial charge on any atom is -0.487 e. The Hall–Kier alpha value is -2.43. The van der Waals surface area contributed by atoms with E-state index in [-0.39, 0.29) is 17.2 Å². The lowest BCUT2D eigenvalue weighted by atomic mass is 10.1. The van der Waals surface area contributed by atoms with Gasteiger partial charge in [-0.05, 0) is 51.0 Å². The third kappa shape index (κ3) is 3.37. The van der Waals surface area contributed by atoms with Crippen molar-refractivity contribution >= 4 is 5.69 Å². The van der Waals surface area contributed by atoms with E-state index >= 15 is 0 Å². The molecule has 0 aliphatic rings. The van der Waals surface area contributed by atoms with Gasteiger partial charge in [-0.25, -0.2) is 0 Å². The zero-order valence-electron chi connectivity index (χ0n) is 12.6. The van der Waals surface area contributed by atoms with Crippen LogP contribution >= 0.6 is 0 Å². The van der Waals surface area contributed by atoms with E-state index in [4.69, 9.17) is 4.74 Å². The average Bonchev–Trinajstić information content (AvgIpc) is 2.36. The molecule has 0 aliphatic carbocycles. The number of nitro groups is 1. The van der Waals surface area contributed by atoms with Crippen molar-refractivity contribution in [3.05, 3.63) is 62.5 Å². The lowest BCUT2D eigenvalue weighted by molar-refractivity contribution is -0.386. The Labute approximate surface area is 123 Å². The van der Waals surface area contributed by atoms with Crippen LogP contribution < -0.4 is 4.74 Å². The molecule has 2 aromatic rings. The first-order valence-electron chi connectivity index (χ1n) is 6.69. The summed E-state index contributed by atoms with van der Waals surface area (Å²) in [6.07, 6.45) is 1.52. The van der Waals surface area contributed by atoms with Crippen molar-refractivity contribution in [2.45, 2.75) is 34.3 Å². The smallest absolute Gasteiger partial charge is 0.278 e. The van der Waals surface area contributed by atoms with Crippen LogP contribution in [-0.4, -0.2) is 9.91 Å². The van der Waals surface area contributed by atoms with Gasteiger partial charge in [0.15, 0.2) is 0 Å². The van der Waals surface area contributed by atoms with Crippen molar-refractivity contribution in [2.24, 2.45) is 0 Å². The van der Waals surface area contributed by atoms with Gasteiger partial charge in [-0.3, -0.25) is 15.1 Å². The number of rotatable bonds is 4. The van der Waals surface area contributed by atoms with Crippen molar-refractivity contribution in [1.29, 1.82) is 0 Å². The Morgan fingerprint density at radius 3 is 2.33 bits per heavy atom. The number of pyridine rings is 1. The number of ether oxygens (including phenoxy) is 1. The molecule has 21 heavy (non-hydrogen) atoms. The largest absolute Gasteiger partial charge is 0.487 e. The number of nitrogens with zero attached hydrogens (tertiary/aromatic N) is 2. The van der Waals surface area contributed by atoms with Gasteiger partial charge >= 0.3 is 0 Å². The Balaban J connectivity index is 2.24. The van der Waals surface area contributed by atoms with Gasteiger partial charge in [0, 0.05) is 11.8 Å². The highest BCUT2D eigenvalue weighted by Gasteiger charge is 2.18. The first kappa shape index (κ1) is 15.0. The summed E-state index contributed by atoms with van der Waals surface area (Å²) in [5.41, 5.74) is 4.06. The van der Waals surface area contributed by atoms with Crippen LogP contribution in [0.4, 0.5) is 5.69 Å². The minimum absolute atomic E-state index is 0.115. The molecule has 0 fully saturated rings. The predicted molar refractivity (Wildman–Crippen MR) is 80.6 cm³/mol. The molecule has 5 heteroatoms. The summed E-state index contributed by atoms with van der Waals surface area (Å²) in [5.74, 6) is 0.747. The molecule has 0 saturated carbocycles. The fourth-order valence-electron chi connectivity index (χ4n) is 2.36. The molecule has 0 amide bonds. The molecule has 1 aromatic heterocycles. The maximum atomic E-state index is 11.1. The SMILES string of the molecule is Cc1cc(C)cc(OCc2ncc(C)c([N+](=O)[O-])c2C)c1. The van der Waals surface area contributed by atoms with E-state index in [2.05, 4.69) is 11.1 Å². The zero-order chi connectivity index (χ0) is 15.6. The van der Waals surface area contributed by atoms with Crippen LogP contribution in [0.25, 0.3) is 0 Å². The van der Waals surface area contributed by atoms with Gasteiger partial charge in [0.05, 0.1) is 16.2 Å². The van der Waals surface area contributed by atoms with E-state index in [0.29, 0.717) is 16.8 Å². The van der Waals surface area contributed by atoms with Crippen LogP contribution in [0, 0.1) is 37.8 Å². The summed E-state index contributed by atoms with van der Waals surface area (Å²) >= 11 is 0. The van der Waals surface area contributed by atoms with Gasteiger partial charge in [0.2, 0.25) is 0 Å². The molecule has 2 rings (SSSR count). The Morgan fingerprint density at radius 2 is 1.76 bits per heavy atom. The first-order valence-corrected chi connectivity index (χ1v) is 6.69. The molecule has 0 radical (unpaired) electrons. The van der Waals surface area contributed by atoms with E-state index in [9.17, 15) is 10.1 Å². The number of aromatic nitrogens is 1. The second kappa shape index (κ2) is 5.91. The van der Waals surface area contributed by atoms with Crippen LogP contribution in [0.2, 0.25) is 0 Å². The monoisotopic (exact) mass is 286 g/mol. The topological polar surface area (TPSA) is 65.3 Å². The lowest BCUT2D eigenvalue weighted by Crippen LogP contribution is -2.05. The van der Waals surface area contributed by atoms with E-state index in [1.165, 1.54) is 6.20 Å². The second-order valence-corrected chi connectivity index (χ2v) is 5.23. The highest BCUT2D eigenvalue weighted by atomic mass is 16.6. The second-order valence-electron chi connectivity index (χ2n) is 5.23. The summed E-state index contributed by atoms with van der Waals surface area (Å²) in [4.78, 5) is 15.0. The minimum atomic E-state index is -0.368. The van der Waals surface area contributed by atoms with Crippen LogP contribution in [0.1, 0.15) is 27.9 Å². The summed E-state index contributed by atoms with van der Waals surface area (Å²) in [7, 11) is 0. The van der Waals surface area contributed by atoms with Crippen LogP contribution in [0.3, 0.4) is 0 Å². The van der Waals surface area contributed by atoms with E-state index < -0.39 is 0 Å². The molecule has 0 unspecified atom stereocenters. The molecule has 110 valence electrons. The standard InChI is InChI=1S/C16H18N2O3/c1-10-5-11(2)7-14(6-10)21-9-15-13(4)16(18(19)20)12(3)8-17-15/h5-8H,9H2,1-4H3. The van der Waals surface area contributed by atoms with Crippen molar-refractivity contribution in [3.63, 3.8) is 0 Å². The van der Waals surface area contributed by atoms with Crippen molar-refractivity contribution in [1.82, 2.24) is 4.98 Å². The Kier molecular flexibility index (Phi) is 4.21. The Morgan fingerprint density at radius 1 is 1.14 bits per heavy atom. The molecule has 5 nitrogen and oxygen atoms in total. The van der Waals surface area contributed by atoms with Gasteiger partial charge in [-0.2, -0.15) is 0 Å². The fraction of sp³-hybridized carbons (Fsp3) is 0.312. The number of hydrogen-bond donors (Lipinski definition) is 0. The van der Waals surface area contributed by atoms with E-state index in [0.717, 1.165) is 16.9 Å². The average molecular weight is 286 g/mol. The van der Waals surface area contributed by atoms with Gasteiger partial charge in [-0.15, -0.1) is 0 Å². The summed E-state index contributed by atoms with van der Waals surface area (Å²) < 4.78 is 5.72. The molecule has 1 heterocycles. The molecular weight excluding hydrogens is 268 g/mol. The van der Waals surface area contributed by atoms with Crippen molar-refractivity contribution in [2.75, 3.05) is 0 Å². The third-order valence-electron chi connectivity index (χ3n) is 3.33. The predicted octanol–water partition coefficient (Wildman–Crippen LogP) is 3.80. The first-order chi connectivity index (χ1) is 9.88. The normalized spacial score (nSPS) is 10.5. The van der Waals surface area contributed by atoms with Gasteiger partial charge in [-0.1, -0.05) is 6.07 Å². The van der Waals surface area contributed by atoms with Crippen LogP contribution in [0.5, 0.6) is 5.75 Å². The molecular formula is C16H18N2O3. The molecule has 0 N–H and O–H groups in total. The number of hydrogen-bond acceptors (Lipinski definition) is 4. The summed E-state index contributed by atoms with van der Waals surface area (Å²) in [6.45, 7) is 7.61. The number of aryl methyl sites for hydroxylation is 3. The summed E-state index contributed by atoms with van der Waals surface area (Å²) in [6, 6.07) is 5.93. The van der Waals surface area contributed by atoms with Gasteiger partial charge in [0.25, 0.3) is 5.69 Å². The zero-order valence-corrected chi connectivity index (χ0v) is 12.6. The maximum Gasteiger partial charge on any atom is 0.278 e. The molecule has 0 bridgehead atoms. The summed E-state index contributed by atoms with van der Waals surface area (Å²) in [5, 5.41) is 11.1. The maximum absolute atomic E-state index is 11.1. The molecule has 1 aromatic carbocycles. The van der Waals surface area contributed by atoms with Crippen molar-refractivity contribution in [3.8, 4) is 5.75 Å². The van der Waals surface area contributed by atoms with Crippen LogP contribution in [0.15, 0.2) is 24.4 Å². The molecule has 0 aliphatic heterocycles. The van der Waals surface area contributed by atoms with Crippen molar-refractivity contribution < 1.29 is 9.66 Å². The molecule has 0 saturated heterocycles. The van der Waals surface area contributed by atoms with Gasteiger partial charge in [0.1, 0.15) is 12.4 Å². The van der Waals surface area contributed by atoms with E-state index in [1.807, 2.05) is 26.0 Å². The van der Waals surface area contributed by atoms with Crippen LogP contribution in [-0.2, 0) is 6.61 Å². The molecule has 0 atom stereocenters. The fourth-order valence-corrected chi connectivity index (χ4v) is 2.36. The number of benzene rings is 1. The van der Waals surface area contributed by atoms with E-state index in [1.54, 1.807) is 13.8 Å². The quantitative estimate of drug-likeness (QED) is 0.633. The third-order valence-corrected chi connectivity index (χ3v) is 3.33. The molecule has 0 spiro atoms. The Bertz CT molecular complexity index is 676. The van der Waals surface area contributed by atoms with Gasteiger partial charge < -0.3 is 4.74 Å².